The molecule has 0 N–H and O–H groups in total. The zero-order valence-electron chi connectivity index (χ0n) is 15.1. The maximum Gasteiger partial charge on any atom is 2.00 e. The van der Waals surface area contributed by atoms with Gasteiger partial charge in [0.15, 0.2) is 11.3 Å². The third kappa shape index (κ3) is 4.41. The first-order valence-electron chi connectivity index (χ1n) is 8.10. The van der Waals surface area contributed by atoms with E-state index in [0.717, 1.165) is 0 Å². The second kappa shape index (κ2) is 9.15. The maximum atomic E-state index is 10.9. The standard InChI is InChI=1S/2C9H8N2O2S.Zn/c2*12-8(13)9(5-14)10-6-3-1-2-4-7(6)11-9;/h2*1-4,14H,5H2,(H,12,13);/q;;+2/p-2. The van der Waals surface area contributed by atoms with Crippen molar-refractivity contribution in [3.8, 4) is 0 Å². The maximum absolute atomic E-state index is 10.9. The molecule has 8 nitrogen and oxygen atoms in total. The number of thiol groups is 2. The smallest absolute Gasteiger partial charge is 0.545 e. The molecule has 2 aromatic carbocycles. The molecule has 11 heteroatoms. The Kier molecular flexibility index (Phi) is 7.31. The van der Waals surface area contributed by atoms with Crippen LogP contribution in [0.5, 0.6) is 0 Å². The Balaban J connectivity index is 0.000000200. The normalized spacial score (nSPS) is 16.1. The van der Waals surface area contributed by atoms with Crippen LogP contribution in [0, 0.1) is 0 Å². The third-order valence-electron chi connectivity index (χ3n) is 4.08. The molecule has 0 spiro atoms. The number of nitrogens with zero attached hydrogens (tertiary/aromatic N) is 4. The molecule has 2 aromatic rings. The SMILES string of the molecule is O=C([O-])C1(CS)N=c2ccccc2=N1.O=C([O-])C1(CS)N=c2ccccc2=N1.[Zn+2]. The summed E-state index contributed by atoms with van der Waals surface area (Å²) < 4.78 is 0. The Bertz CT molecular complexity index is 1030. The van der Waals surface area contributed by atoms with E-state index < -0.39 is 23.3 Å². The monoisotopic (exact) mass is 478 g/mol. The van der Waals surface area contributed by atoms with Gasteiger partial charge in [0.1, 0.15) is 0 Å². The summed E-state index contributed by atoms with van der Waals surface area (Å²) >= 11 is 7.87. The van der Waals surface area contributed by atoms with E-state index in [-0.39, 0.29) is 31.0 Å². The average Bonchev–Trinajstić information content (AvgIpc) is 3.28. The number of hydrogen-bond acceptors (Lipinski definition) is 10. The Morgan fingerprint density at radius 1 is 0.690 bits per heavy atom. The molecular formula is C18H14N4O4S2Zn. The van der Waals surface area contributed by atoms with Gasteiger partial charge < -0.3 is 19.8 Å². The first-order valence-corrected chi connectivity index (χ1v) is 9.36. The summed E-state index contributed by atoms with van der Waals surface area (Å²) in [6.45, 7) is 0. The molecule has 0 aromatic heterocycles. The van der Waals surface area contributed by atoms with Gasteiger partial charge in [-0.3, -0.25) is 0 Å². The van der Waals surface area contributed by atoms with Crippen molar-refractivity contribution in [3.63, 3.8) is 0 Å². The molecule has 0 unspecified atom stereocenters. The summed E-state index contributed by atoms with van der Waals surface area (Å²) in [6, 6.07) is 14.0. The Morgan fingerprint density at radius 3 is 1.10 bits per heavy atom. The van der Waals surface area contributed by atoms with Crippen molar-refractivity contribution in [3.05, 3.63) is 70.0 Å². The second-order valence-electron chi connectivity index (χ2n) is 5.95. The molecule has 0 atom stereocenters. The van der Waals surface area contributed by atoms with Crippen molar-refractivity contribution in [1.29, 1.82) is 0 Å². The molecule has 29 heavy (non-hydrogen) atoms. The quantitative estimate of drug-likeness (QED) is 0.350. The van der Waals surface area contributed by atoms with Crippen LogP contribution in [0.1, 0.15) is 0 Å². The number of benzene rings is 2. The minimum atomic E-state index is -1.53. The molecule has 0 amide bonds. The van der Waals surface area contributed by atoms with Gasteiger partial charge in [-0.25, -0.2) is 20.0 Å². The molecule has 2 aliphatic heterocycles. The molecule has 0 fully saturated rings. The van der Waals surface area contributed by atoms with Crippen LogP contribution in [0.4, 0.5) is 0 Å². The summed E-state index contributed by atoms with van der Waals surface area (Å²) in [6.07, 6.45) is 0. The van der Waals surface area contributed by atoms with Crippen molar-refractivity contribution < 1.29 is 39.3 Å². The van der Waals surface area contributed by atoms with E-state index in [9.17, 15) is 19.8 Å². The number of aliphatic carboxylic acids is 2. The summed E-state index contributed by atoms with van der Waals surface area (Å²) in [5.41, 5.74) is -3.07. The fourth-order valence-corrected chi connectivity index (χ4v) is 3.15. The van der Waals surface area contributed by atoms with E-state index in [1.807, 2.05) is 0 Å². The molecule has 2 heterocycles. The van der Waals surface area contributed by atoms with E-state index in [4.69, 9.17) is 0 Å². The van der Waals surface area contributed by atoms with Gasteiger partial charge in [0.25, 0.3) is 0 Å². The topological polar surface area (TPSA) is 130 Å². The van der Waals surface area contributed by atoms with Crippen LogP contribution in [0.15, 0.2) is 68.5 Å². The summed E-state index contributed by atoms with van der Waals surface area (Å²) in [4.78, 5) is 37.7. The zero-order valence-corrected chi connectivity index (χ0v) is 19.8. The average molecular weight is 480 g/mol. The van der Waals surface area contributed by atoms with Gasteiger partial charge in [-0.2, -0.15) is 25.3 Å². The predicted molar refractivity (Wildman–Crippen MR) is 101 cm³/mol. The molecular weight excluding hydrogens is 466 g/mol. The number of carboxylic acid groups (broad SMARTS) is 2. The van der Waals surface area contributed by atoms with Crippen LogP contribution in [0.2, 0.25) is 0 Å². The largest absolute Gasteiger partial charge is 2.00 e. The summed E-state index contributed by atoms with van der Waals surface area (Å²) in [7, 11) is 0. The van der Waals surface area contributed by atoms with Crippen molar-refractivity contribution in [2.75, 3.05) is 11.5 Å². The third-order valence-corrected chi connectivity index (χ3v) is 4.96. The molecule has 0 saturated heterocycles. The van der Waals surface area contributed by atoms with Crippen LogP contribution < -0.4 is 31.6 Å². The van der Waals surface area contributed by atoms with E-state index in [2.05, 4.69) is 45.2 Å². The number of carbonyl (C=O) groups excluding carboxylic acids is 2. The van der Waals surface area contributed by atoms with Crippen LogP contribution in [-0.2, 0) is 29.1 Å². The fourth-order valence-electron chi connectivity index (χ4n) is 2.61. The Hall–Kier alpha value is -2.10. The van der Waals surface area contributed by atoms with Gasteiger partial charge in [-0.05, 0) is 24.3 Å². The number of carboxylic acids is 2. The Morgan fingerprint density at radius 2 is 0.931 bits per heavy atom. The van der Waals surface area contributed by atoms with Crippen molar-refractivity contribution in [2.24, 2.45) is 20.0 Å². The number of fused-ring (bicyclic) bond motifs is 2. The molecule has 144 valence electrons. The van der Waals surface area contributed by atoms with Crippen LogP contribution in [-0.4, -0.2) is 34.8 Å². The van der Waals surface area contributed by atoms with Gasteiger partial charge in [0.2, 0.25) is 0 Å². The van der Waals surface area contributed by atoms with Crippen LogP contribution >= 0.6 is 25.3 Å². The van der Waals surface area contributed by atoms with E-state index in [1.54, 1.807) is 48.5 Å². The number of para-hydroxylation sites is 4. The van der Waals surface area contributed by atoms with Gasteiger partial charge >= 0.3 is 19.5 Å². The van der Waals surface area contributed by atoms with E-state index >= 15 is 0 Å². The predicted octanol–water partition coefficient (Wildman–Crippen LogP) is -3.37. The summed E-state index contributed by atoms with van der Waals surface area (Å²) in [5, 5.41) is 24.1. The Labute approximate surface area is 188 Å². The van der Waals surface area contributed by atoms with Gasteiger partial charge in [-0.15, -0.1) is 0 Å². The van der Waals surface area contributed by atoms with Gasteiger partial charge in [0.05, 0.1) is 33.4 Å². The molecule has 0 saturated carbocycles. The van der Waals surface area contributed by atoms with Crippen molar-refractivity contribution in [2.45, 2.75) is 11.3 Å². The van der Waals surface area contributed by atoms with Gasteiger partial charge in [-0.1, -0.05) is 24.3 Å². The second-order valence-corrected chi connectivity index (χ2v) is 6.58. The van der Waals surface area contributed by atoms with Crippen molar-refractivity contribution >= 4 is 37.2 Å². The fraction of sp³-hybridized carbons (Fsp3) is 0.222. The van der Waals surface area contributed by atoms with E-state index in [1.165, 1.54) is 0 Å². The molecule has 2 aliphatic rings. The number of hydrogen-bond donors (Lipinski definition) is 2. The molecule has 0 radical (unpaired) electrons. The summed E-state index contributed by atoms with van der Waals surface area (Å²) in [5.74, 6) is -2.62. The molecule has 0 bridgehead atoms. The first kappa shape index (κ1) is 23.2. The van der Waals surface area contributed by atoms with Gasteiger partial charge in [0, 0.05) is 11.5 Å². The molecule has 4 rings (SSSR count). The zero-order chi connectivity index (χ0) is 20.4. The van der Waals surface area contributed by atoms with Crippen LogP contribution in [0.3, 0.4) is 0 Å². The van der Waals surface area contributed by atoms with Crippen LogP contribution in [0.25, 0.3) is 0 Å². The minimum Gasteiger partial charge on any atom is -0.545 e. The minimum absolute atomic E-state index is 0. The number of carbonyl (C=O) groups is 2. The number of rotatable bonds is 4. The molecule has 0 aliphatic carbocycles. The first-order chi connectivity index (χ1) is 13.4. The van der Waals surface area contributed by atoms with E-state index in [0.29, 0.717) is 21.4 Å². The van der Waals surface area contributed by atoms with Crippen molar-refractivity contribution in [1.82, 2.24) is 0 Å².